The maximum absolute atomic E-state index is 13.8. The van der Waals surface area contributed by atoms with E-state index in [1.807, 2.05) is 13.8 Å². The molecule has 1 unspecified atom stereocenters. The highest BCUT2D eigenvalue weighted by Crippen LogP contribution is 2.23. The van der Waals surface area contributed by atoms with Gasteiger partial charge in [0.25, 0.3) is 5.91 Å². The Labute approximate surface area is 122 Å². The third-order valence-corrected chi connectivity index (χ3v) is 5.59. The molecule has 0 aliphatic carbocycles. The third kappa shape index (κ3) is 3.05. The van der Waals surface area contributed by atoms with E-state index in [9.17, 15) is 13.4 Å². The van der Waals surface area contributed by atoms with Crippen LogP contribution >= 0.6 is 15.9 Å². The van der Waals surface area contributed by atoms with E-state index >= 15 is 0 Å². The molecule has 19 heavy (non-hydrogen) atoms. The fraction of sp³-hybridized carbons (Fsp3) is 0.462. The van der Waals surface area contributed by atoms with Crippen molar-refractivity contribution in [2.45, 2.75) is 18.6 Å². The maximum Gasteiger partial charge on any atom is 0.256 e. The van der Waals surface area contributed by atoms with Crippen molar-refractivity contribution in [3.05, 3.63) is 34.1 Å². The van der Waals surface area contributed by atoms with Crippen LogP contribution in [0.15, 0.2) is 22.7 Å². The molecule has 104 valence electrons. The van der Waals surface area contributed by atoms with Crippen molar-refractivity contribution in [1.29, 1.82) is 0 Å². The summed E-state index contributed by atoms with van der Waals surface area (Å²) in [4.78, 5) is 13.9. The zero-order valence-corrected chi connectivity index (χ0v) is 13.2. The lowest BCUT2D eigenvalue weighted by Gasteiger charge is -2.37. The van der Waals surface area contributed by atoms with Crippen molar-refractivity contribution in [2.24, 2.45) is 0 Å². The second-order valence-corrected chi connectivity index (χ2v) is 8.28. The van der Waals surface area contributed by atoms with Gasteiger partial charge in [-0.05, 0) is 32.0 Å². The fourth-order valence-electron chi connectivity index (χ4n) is 2.09. The molecule has 0 aromatic heterocycles. The first-order chi connectivity index (χ1) is 8.81. The second kappa shape index (κ2) is 5.32. The molecule has 0 radical (unpaired) electrons. The number of nitrogens with zero attached hydrogens (tertiary/aromatic N) is 1. The van der Waals surface area contributed by atoms with E-state index in [4.69, 9.17) is 0 Å². The van der Waals surface area contributed by atoms with Crippen LogP contribution < -0.4 is 0 Å². The molecule has 1 aromatic carbocycles. The molecule has 0 saturated carbocycles. The zero-order valence-electron chi connectivity index (χ0n) is 10.8. The van der Waals surface area contributed by atoms with Crippen LogP contribution in [0.1, 0.15) is 24.2 Å². The maximum atomic E-state index is 13.8. The molecule has 6 heteroatoms. The van der Waals surface area contributed by atoms with Gasteiger partial charge in [-0.25, -0.2) is 4.39 Å². The quantitative estimate of drug-likeness (QED) is 0.782. The molecule has 0 spiro atoms. The summed E-state index contributed by atoms with van der Waals surface area (Å²) in [6, 6.07) is 4.39. The van der Waals surface area contributed by atoms with Crippen molar-refractivity contribution in [1.82, 2.24) is 4.90 Å². The number of carbonyl (C=O) groups excluding carboxylic acids is 1. The van der Waals surface area contributed by atoms with Gasteiger partial charge in [0.1, 0.15) is 5.82 Å². The predicted octanol–water partition coefficient (Wildman–Crippen LogP) is 2.57. The van der Waals surface area contributed by atoms with Gasteiger partial charge in [0.05, 0.1) is 10.3 Å². The number of amides is 1. The van der Waals surface area contributed by atoms with Crippen LogP contribution in [-0.4, -0.2) is 38.6 Å². The number of benzene rings is 1. The van der Waals surface area contributed by atoms with E-state index in [2.05, 4.69) is 15.9 Å². The van der Waals surface area contributed by atoms with E-state index in [0.717, 1.165) is 0 Å². The topological polar surface area (TPSA) is 37.4 Å². The van der Waals surface area contributed by atoms with Crippen LogP contribution in [0.3, 0.4) is 0 Å². The van der Waals surface area contributed by atoms with E-state index in [1.54, 1.807) is 11.0 Å². The van der Waals surface area contributed by atoms with Crippen LogP contribution in [-0.2, 0) is 10.8 Å². The van der Waals surface area contributed by atoms with Crippen molar-refractivity contribution in [2.75, 3.05) is 18.8 Å². The summed E-state index contributed by atoms with van der Waals surface area (Å²) in [5.74, 6) is -0.435. The molecule has 1 heterocycles. The SMILES string of the molecule is CC1(C)CN(C(=O)c2ccc(Br)cc2F)CCS1=O. The highest BCUT2D eigenvalue weighted by molar-refractivity contribution is 9.10. The highest BCUT2D eigenvalue weighted by Gasteiger charge is 2.35. The van der Waals surface area contributed by atoms with Crippen molar-refractivity contribution >= 4 is 32.6 Å². The van der Waals surface area contributed by atoms with Gasteiger partial charge in [-0.15, -0.1) is 0 Å². The molecular weight excluding hydrogens is 333 g/mol. The Balaban J connectivity index is 2.23. The summed E-state index contributed by atoms with van der Waals surface area (Å²) in [7, 11) is -0.948. The number of halogens is 2. The normalized spacial score (nSPS) is 22.3. The molecule has 1 saturated heterocycles. The van der Waals surface area contributed by atoms with Gasteiger partial charge in [-0.2, -0.15) is 0 Å². The Morgan fingerprint density at radius 1 is 1.47 bits per heavy atom. The largest absolute Gasteiger partial charge is 0.336 e. The van der Waals surface area contributed by atoms with Crippen LogP contribution in [0, 0.1) is 5.82 Å². The van der Waals surface area contributed by atoms with Crippen LogP contribution in [0.4, 0.5) is 4.39 Å². The Morgan fingerprint density at radius 2 is 2.16 bits per heavy atom. The number of hydrogen-bond donors (Lipinski definition) is 0. The molecular formula is C13H15BrFNO2S. The first-order valence-electron chi connectivity index (χ1n) is 5.94. The molecule has 0 N–H and O–H groups in total. The lowest BCUT2D eigenvalue weighted by molar-refractivity contribution is 0.0741. The van der Waals surface area contributed by atoms with Crippen molar-refractivity contribution in [3.8, 4) is 0 Å². The van der Waals surface area contributed by atoms with Gasteiger partial charge in [0, 0.05) is 34.1 Å². The molecule has 1 aliphatic heterocycles. The van der Waals surface area contributed by atoms with Crippen molar-refractivity contribution in [3.63, 3.8) is 0 Å². The molecule has 1 amide bonds. The predicted molar refractivity (Wildman–Crippen MR) is 77.1 cm³/mol. The summed E-state index contributed by atoms with van der Waals surface area (Å²) in [5, 5.41) is 0. The Kier molecular flexibility index (Phi) is 4.11. The minimum Gasteiger partial charge on any atom is -0.336 e. The average Bonchev–Trinajstić information content (AvgIpc) is 2.32. The summed E-state index contributed by atoms with van der Waals surface area (Å²) in [6.45, 7) is 4.51. The van der Waals surface area contributed by atoms with E-state index in [0.29, 0.717) is 23.3 Å². The van der Waals surface area contributed by atoms with Gasteiger partial charge in [0.2, 0.25) is 0 Å². The van der Waals surface area contributed by atoms with Crippen LogP contribution in [0.2, 0.25) is 0 Å². The molecule has 0 bridgehead atoms. The van der Waals surface area contributed by atoms with Crippen LogP contribution in [0.25, 0.3) is 0 Å². The summed E-state index contributed by atoms with van der Waals surface area (Å²) < 4.78 is 25.8. The van der Waals surface area contributed by atoms with Crippen LogP contribution in [0.5, 0.6) is 0 Å². The Bertz CT molecular complexity index is 547. The number of carbonyl (C=O) groups is 1. The molecule has 3 nitrogen and oxygen atoms in total. The van der Waals surface area contributed by atoms with Gasteiger partial charge < -0.3 is 4.90 Å². The van der Waals surface area contributed by atoms with Gasteiger partial charge in [0.15, 0.2) is 0 Å². The summed E-state index contributed by atoms with van der Waals surface area (Å²) in [6.07, 6.45) is 0. The van der Waals surface area contributed by atoms with Gasteiger partial charge in [-0.1, -0.05) is 15.9 Å². The fourth-order valence-corrected chi connectivity index (χ4v) is 3.66. The molecule has 2 rings (SSSR count). The van der Waals surface area contributed by atoms with Gasteiger partial charge in [-0.3, -0.25) is 9.00 Å². The molecule has 1 aromatic rings. The average molecular weight is 348 g/mol. The first kappa shape index (κ1) is 14.7. The van der Waals surface area contributed by atoms with E-state index in [1.165, 1.54) is 12.1 Å². The molecule has 1 aliphatic rings. The molecule has 1 fully saturated rings. The standard InChI is InChI=1S/C13H15BrFNO2S/c1-13(2)8-16(5-6-19(13)18)12(17)10-4-3-9(14)7-11(10)15/h3-4,7H,5-6,8H2,1-2H3. The summed E-state index contributed by atoms with van der Waals surface area (Å²) >= 11 is 3.16. The second-order valence-electron chi connectivity index (χ2n) is 5.16. The third-order valence-electron chi connectivity index (χ3n) is 3.18. The van der Waals surface area contributed by atoms with Crippen molar-refractivity contribution < 1.29 is 13.4 Å². The number of rotatable bonds is 1. The minimum atomic E-state index is -0.948. The monoisotopic (exact) mass is 347 g/mol. The lowest BCUT2D eigenvalue weighted by Crippen LogP contribution is -2.52. The number of hydrogen-bond acceptors (Lipinski definition) is 2. The lowest BCUT2D eigenvalue weighted by atomic mass is 10.1. The molecule has 1 atom stereocenters. The minimum absolute atomic E-state index is 0.0617. The van der Waals surface area contributed by atoms with Gasteiger partial charge >= 0.3 is 0 Å². The van der Waals surface area contributed by atoms with E-state index < -0.39 is 21.4 Å². The Morgan fingerprint density at radius 3 is 2.74 bits per heavy atom. The smallest absolute Gasteiger partial charge is 0.256 e. The Hall–Kier alpha value is -0.750. The highest BCUT2D eigenvalue weighted by atomic mass is 79.9. The summed E-state index contributed by atoms with van der Waals surface area (Å²) in [5.41, 5.74) is 0.0617. The first-order valence-corrected chi connectivity index (χ1v) is 8.05. The zero-order chi connectivity index (χ0) is 14.2. The van der Waals surface area contributed by atoms with E-state index in [-0.39, 0.29) is 11.5 Å².